The van der Waals surface area contributed by atoms with Crippen LogP contribution in [-0.2, 0) is 0 Å². The third kappa shape index (κ3) is 2.38. The SMILES string of the molecule is CCC1(CNc2nc(Cl)nnc2Cl)CCC1. The van der Waals surface area contributed by atoms with Crippen molar-refractivity contribution in [3.05, 3.63) is 10.4 Å². The molecule has 0 aromatic carbocycles. The summed E-state index contributed by atoms with van der Waals surface area (Å²) in [6, 6.07) is 0. The van der Waals surface area contributed by atoms with E-state index in [1.807, 2.05) is 0 Å². The lowest BCUT2D eigenvalue weighted by Crippen LogP contribution is -2.36. The summed E-state index contributed by atoms with van der Waals surface area (Å²) in [6.45, 7) is 3.09. The van der Waals surface area contributed by atoms with Crippen LogP contribution in [0.3, 0.4) is 0 Å². The van der Waals surface area contributed by atoms with Crippen molar-refractivity contribution < 1.29 is 0 Å². The predicted molar refractivity (Wildman–Crippen MR) is 64.9 cm³/mol. The number of anilines is 1. The molecule has 1 fully saturated rings. The molecule has 1 aromatic heterocycles. The second-order valence-electron chi connectivity index (χ2n) is 4.28. The number of nitrogens with one attached hydrogen (secondary N) is 1. The van der Waals surface area contributed by atoms with Crippen molar-refractivity contribution in [2.45, 2.75) is 32.6 Å². The highest BCUT2D eigenvalue weighted by Gasteiger charge is 2.34. The van der Waals surface area contributed by atoms with Crippen molar-refractivity contribution in [2.75, 3.05) is 11.9 Å². The van der Waals surface area contributed by atoms with Gasteiger partial charge in [-0.25, -0.2) is 0 Å². The maximum Gasteiger partial charge on any atom is 0.245 e. The van der Waals surface area contributed by atoms with E-state index < -0.39 is 0 Å². The maximum absolute atomic E-state index is 5.87. The zero-order chi connectivity index (χ0) is 11.6. The Bertz CT molecular complexity index is 374. The molecule has 0 atom stereocenters. The Hall–Kier alpha value is -0.610. The molecule has 0 spiro atoms. The zero-order valence-corrected chi connectivity index (χ0v) is 10.6. The fraction of sp³-hybridized carbons (Fsp3) is 0.700. The van der Waals surface area contributed by atoms with Crippen LogP contribution in [0.4, 0.5) is 5.82 Å². The fourth-order valence-corrected chi connectivity index (χ4v) is 2.28. The van der Waals surface area contributed by atoms with E-state index in [1.54, 1.807) is 0 Å². The molecule has 1 heterocycles. The maximum atomic E-state index is 5.87. The second kappa shape index (κ2) is 4.72. The molecule has 0 bridgehead atoms. The highest BCUT2D eigenvalue weighted by molar-refractivity contribution is 6.32. The third-order valence-corrected chi connectivity index (χ3v) is 3.83. The molecule has 1 N–H and O–H groups in total. The first-order valence-electron chi connectivity index (χ1n) is 5.45. The minimum absolute atomic E-state index is 0.117. The number of halogens is 2. The summed E-state index contributed by atoms with van der Waals surface area (Å²) in [5.74, 6) is 0.529. The van der Waals surface area contributed by atoms with Gasteiger partial charge in [-0.05, 0) is 36.3 Å². The monoisotopic (exact) mass is 260 g/mol. The number of aromatic nitrogens is 3. The fourth-order valence-electron chi connectivity index (χ4n) is 2.01. The molecule has 1 aromatic rings. The second-order valence-corrected chi connectivity index (χ2v) is 4.98. The van der Waals surface area contributed by atoms with Crippen molar-refractivity contribution >= 4 is 29.0 Å². The predicted octanol–water partition coefficient (Wildman–Crippen LogP) is 3.17. The van der Waals surface area contributed by atoms with E-state index in [0.717, 1.165) is 6.54 Å². The smallest absolute Gasteiger partial charge is 0.245 e. The van der Waals surface area contributed by atoms with Gasteiger partial charge in [-0.15, -0.1) is 10.2 Å². The number of nitrogens with zero attached hydrogens (tertiary/aromatic N) is 3. The quantitative estimate of drug-likeness (QED) is 0.904. The van der Waals surface area contributed by atoms with Gasteiger partial charge in [0.15, 0.2) is 11.0 Å². The summed E-state index contributed by atoms with van der Waals surface area (Å²) in [7, 11) is 0. The van der Waals surface area contributed by atoms with Gasteiger partial charge in [0.1, 0.15) is 0 Å². The molecule has 0 amide bonds. The molecule has 1 saturated carbocycles. The number of hydrogen-bond donors (Lipinski definition) is 1. The summed E-state index contributed by atoms with van der Waals surface area (Å²) in [6.07, 6.45) is 5.01. The van der Waals surface area contributed by atoms with Gasteiger partial charge >= 0.3 is 0 Å². The standard InChI is InChI=1S/C10H14Cl2N4/c1-2-10(4-3-5-10)6-13-8-7(11)15-16-9(12)14-8/h2-6H2,1H3,(H,13,14,16). The molecule has 4 nitrogen and oxygen atoms in total. The molecule has 1 aliphatic rings. The highest BCUT2D eigenvalue weighted by atomic mass is 35.5. The van der Waals surface area contributed by atoms with Crippen LogP contribution in [0.25, 0.3) is 0 Å². The topological polar surface area (TPSA) is 50.7 Å². The van der Waals surface area contributed by atoms with Crippen LogP contribution in [-0.4, -0.2) is 21.7 Å². The van der Waals surface area contributed by atoms with Gasteiger partial charge in [0.05, 0.1) is 0 Å². The van der Waals surface area contributed by atoms with Crippen molar-refractivity contribution in [1.82, 2.24) is 15.2 Å². The summed E-state index contributed by atoms with van der Waals surface area (Å²) in [4.78, 5) is 4.02. The van der Waals surface area contributed by atoms with E-state index in [9.17, 15) is 0 Å². The Morgan fingerprint density at radius 3 is 2.62 bits per heavy atom. The summed E-state index contributed by atoms with van der Waals surface area (Å²) < 4.78 is 0. The largest absolute Gasteiger partial charge is 0.367 e. The molecule has 16 heavy (non-hydrogen) atoms. The minimum atomic E-state index is 0.117. The minimum Gasteiger partial charge on any atom is -0.367 e. The molecule has 1 aliphatic carbocycles. The van der Waals surface area contributed by atoms with E-state index in [-0.39, 0.29) is 10.4 Å². The molecule has 6 heteroatoms. The number of rotatable bonds is 4. The van der Waals surface area contributed by atoms with Gasteiger partial charge in [-0.3, -0.25) is 0 Å². The van der Waals surface area contributed by atoms with Gasteiger partial charge < -0.3 is 5.32 Å². The van der Waals surface area contributed by atoms with Crippen LogP contribution in [0.5, 0.6) is 0 Å². The van der Waals surface area contributed by atoms with Crippen molar-refractivity contribution in [3.63, 3.8) is 0 Å². The van der Waals surface area contributed by atoms with Gasteiger partial charge in [0, 0.05) is 6.54 Å². The van der Waals surface area contributed by atoms with Crippen molar-refractivity contribution in [1.29, 1.82) is 0 Å². The van der Waals surface area contributed by atoms with Crippen LogP contribution in [0, 0.1) is 5.41 Å². The molecule has 0 unspecified atom stereocenters. The van der Waals surface area contributed by atoms with Gasteiger partial charge in [0.25, 0.3) is 0 Å². The molecule has 0 aliphatic heterocycles. The van der Waals surface area contributed by atoms with E-state index in [1.165, 1.54) is 25.7 Å². The summed E-state index contributed by atoms with van der Waals surface area (Å²) in [5, 5.41) is 10.9. The normalized spacial score (nSPS) is 17.9. The van der Waals surface area contributed by atoms with Crippen molar-refractivity contribution in [3.8, 4) is 0 Å². The lowest BCUT2D eigenvalue weighted by atomic mass is 9.67. The van der Waals surface area contributed by atoms with Crippen LogP contribution >= 0.6 is 23.2 Å². The first-order chi connectivity index (χ1) is 7.65. The van der Waals surface area contributed by atoms with E-state index >= 15 is 0 Å². The molecular formula is C10H14Cl2N4. The first kappa shape index (κ1) is 11.9. The van der Waals surface area contributed by atoms with Crippen LogP contribution in [0.15, 0.2) is 0 Å². The zero-order valence-electron chi connectivity index (χ0n) is 9.13. The molecule has 2 rings (SSSR count). The molecule has 0 radical (unpaired) electrons. The average molecular weight is 261 g/mol. The first-order valence-corrected chi connectivity index (χ1v) is 6.20. The molecule has 88 valence electrons. The lowest BCUT2D eigenvalue weighted by molar-refractivity contribution is 0.145. The lowest BCUT2D eigenvalue weighted by Gasteiger charge is -2.41. The van der Waals surface area contributed by atoms with Gasteiger partial charge in [0.2, 0.25) is 5.28 Å². The average Bonchev–Trinajstić information content (AvgIpc) is 2.22. The Balaban J connectivity index is 2.01. The van der Waals surface area contributed by atoms with Crippen LogP contribution < -0.4 is 5.32 Å². The Morgan fingerprint density at radius 1 is 1.31 bits per heavy atom. The summed E-state index contributed by atoms with van der Waals surface area (Å²) in [5.41, 5.74) is 0.404. The Morgan fingerprint density at radius 2 is 2.06 bits per heavy atom. The third-order valence-electron chi connectivity index (χ3n) is 3.41. The number of hydrogen-bond acceptors (Lipinski definition) is 4. The van der Waals surface area contributed by atoms with E-state index in [0.29, 0.717) is 11.2 Å². The van der Waals surface area contributed by atoms with Gasteiger partial charge in [-0.2, -0.15) is 4.98 Å². The Kier molecular flexibility index (Phi) is 3.50. The Labute approximate surface area is 105 Å². The van der Waals surface area contributed by atoms with Crippen LogP contribution in [0.2, 0.25) is 10.4 Å². The van der Waals surface area contributed by atoms with Crippen molar-refractivity contribution in [2.24, 2.45) is 5.41 Å². The highest BCUT2D eigenvalue weighted by Crippen LogP contribution is 2.43. The molecular weight excluding hydrogens is 247 g/mol. The summed E-state index contributed by atoms with van der Waals surface area (Å²) >= 11 is 11.5. The molecule has 0 saturated heterocycles. The van der Waals surface area contributed by atoms with E-state index in [4.69, 9.17) is 23.2 Å². The van der Waals surface area contributed by atoms with Gasteiger partial charge in [-0.1, -0.05) is 24.9 Å². The van der Waals surface area contributed by atoms with E-state index in [2.05, 4.69) is 27.4 Å². The van der Waals surface area contributed by atoms with Crippen LogP contribution in [0.1, 0.15) is 32.6 Å².